The Morgan fingerprint density at radius 3 is 2.86 bits per heavy atom. The fourth-order valence-corrected chi connectivity index (χ4v) is 3.52. The molecule has 2 unspecified atom stereocenters. The van der Waals surface area contributed by atoms with Gasteiger partial charge in [0.2, 0.25) is 0 Å². The number of anilines is 1. The van der Waals surface area contributed by atoms with Gasteiger partial charge < -0.3 is 9.88 Å². The lowest BCUT2D eigenvalue weighted by Crippen LogP contribution is -2.35. The number of imidazole rings is 1. The molecule has 1 aromatic carbocycles. The maximum absolute atomic E-state index is 4.12. The van der Waals surface area contributed by atoms with E-state index in [1.807, 2.05) is 23.3 Å². The SMILES string of the molecule is CC(C)C1CCCCC1Nc1cccc(-n2ccnc2)c1. The largest absolute Gasteiger partial charge is 0.382 e. The number of nitrogens with one attached hydrogen (secondary N) is 1. The zero-order valence-electron chi connectivity index (χ0n) is 13.0. The molecule has 3 nitrogen and oxygen atoms in total. The predicted molar refractivity (Wildman–Crippen MR) is 87.8 cm³/mol. The van der Waals surface area contributed by atoms with Crippen molar-refractivity contribution in [1.29, 1.82) is 0 Å². The lowest BCUT2D eigenvalue weighted by atomic mass is 9.78. The van der Waals surface area contributed by atoms with Crippen LogP contribution < -0.4 is 5.32 Å². The summed E-state index contributed by atoms with van der Waals surface area (Å²) < 4.78 is 2.05. The molecule has 3 heteroatoms. The van der Waals surface area contributed by atoms with Crippen LogP contribution in [0.1, 0.15) is 39.5 Å². The van der Waals surface area contributed by atoms with Crippen LogP contribution in [0.2, 0.25) is 0 Å². The van der Waals surface area contributed by atoms with Crippen molar-refractivity contribution in [2.45, 2.75) is 45.6 Å². The van der Waals surface area contributed by atoms with E-state index >= 15 is 0 Å². The first kappa shape index (κ1) is 14.2. The van der Waals surface area contributed by atoms with Crippen LogP contribution in [0.4, 0.5) is 5.69 Å². The monoisotopic (exact) mass is 283 g/mol. The minimum atomic E-state index is 0.608. The van der Waals surface area contributed by atoms with E-state index in [-0.39, 0.29) is 0 Å². The molecule has 2 aromatic rings. The summed E-state index contributed by atoms with van der Waals surface area (Å²) in [5.41, 5.74) is 2.38. The molecule has 3 rings (SSSR count). The topological polar surface area (TPSA) is 29.9 Å². The van der Waals surface area contributed by atoms with Crippen molar-refractivity contribution in [3.63, 3.8) is 0 Å². The Kier molecular flexibility index (Phi) is 4.28. The molecule has 112 valence electrons. The third-order valence-corrected chi connectivity index (χ3v) is 4.68. The fraction of sp³-hybridized carbons (Fsp3) is 0.500. The van der Waals surface area contributed by atoms with Gasteiger partial charge in [0.05, 0.1) is 6.33 Å². The molecule has 0 saturated heterocycles. The Bertz CT molecular complexity index is 560. The third-order valence-electron chi connectivity index (χ3n) is 4.68. The van der Waals surface area contributed by atoms with E-state index in [0.717, 1.165) is 17.5 Å². The van der Waals surface area contributed by atoms with Crippen LogP contribution in [0.5, 0.6) is 0 Å². The van der Waals surface area contributed by atoms with Crippen LogP contribution in [0.25, 0.3) is 5.69 Å². The predicted octanol–water partition coefficient (Wildman–Crippen LogP) is 4.50. The number of hydrogen-bond donors (Lipinski definition) is 1. The van der Waals surface area contributed by atoms with Crippen LogP contribution in [-0.4, -0.2) is 15.6 Å². The summed E-state index contributed by atoms with van der Waals surface area (Å²) in [7, 11) is 0. The average Bonchev–Trinajstić information content (AvgIpc) is 3.02. The first-order chi connectivity index (χ1) is 10.2. The summed E-state index contributed by atoms with van der Waals surface area (Å²) in [6.45, 7) is 4.71. The van der Waals surface area contributed by atoms with Gasteiger partial charge in [0.15, 0.2) is 0 Å². The summed E-state index contributed by atoms with van der Waals surface area (Å²) >= 11 is 0. The van der Waals surface area contributed by atoms with Crippen molar-refractivity contribution in [3.05, 3.63) is 43.0 Å². The highest BCUT2D eigenvalue weighted by atomic mass is 15.0. The highest BCUT2D eigenvalue weighted by Crippen LogP contribution is 2.32. The molecule has 0 bridgehead atoms. The summed E-state index contributed by atoms with van der Waals surface area (Å²) in [6, 6.07) is 9.23. The molecule has 0 aliphatic heterocycles. The minimum absolute atomic E-state index is 0.608. The third kappa shape index (κ3) is 3.29. The van der Waals surface area contributed by atoms with Gasteiger partial charge in [0, 0.05) is 29.8 Å². The smallest absolute Gasteiger partial charge is 0.0991 e. The Labute approximate surface area is 127 Å². The summed E-state index contributed by atoms with van der Waals surface area (Å²) in [5, 5.41) is 3.78. The zero-order chi connectivity index (χ0) is 14.7. The molecule has 2 atom stereocenters. The van der Waals surface area contributed by atoms with Crippen molar-refractivity contribution in [1.82, 2.24) is 9.55 Å². The number of rotatable bonds is 4. The highest BCUT2D eigenvalue weighted by molar-refractivity contribution is 5.51. The Morgan fingerprint density at radius 1 is 1.24 bits per heavy atom. The van der Waals surface area contributed by atoms with Gasteiger partial charge >= 0.3 is 0 Å². The Balaban J connectivity index is 1.76. The number of aromatic nitrogens is 2. The van der Waals surface area contributed by atoms with Crippen molar-refractivity contribution in [2.24, 2.45) is 11.8 Å². The van der Waals surface area contributed by atoms with Gasteiger partial charge in [0.25, 0.3) is 0 Å². The van der Waals surface area contributed by atoms with E-state index in [0.29, 0.717) is 6.04 Å². The van der Waals surface area contributed by atoms with Gasteiger partial charge in [0.1, 0.15) is 0 Å². The van der Waals surface area contributed by atoms with Gasteiger partial charge in [-0.25, -0.2) is 4.98 Å². The summed E-state index contributed by atoms with van der Waals surface area (Å²) in [6.07, 6.45) is 11.0. The quantitative estimate of drug-likeness (QED) is 0.895. The van der Waals surface area contributed by atoms with E-state index in [1.54, 1.807) is 0 Å². The second-order valence-corrected chi connectivity index (χ2v) is 6.46. The van der Waals surface area contributed by atoms with Gasteiger partial charge in [-0.3, -0.25) is 0 Å². The molecular weight excluding hydrogens is 258 g/mol. The molecule has 0 amide bonds. The van der Waals surface area contributed by atoms with Crippen LogP contribution >= 0.6 is 0 Å². The lowest BCUT2D eigenvalue weighted by Gasteiger charge is -2.35. The molecule has 0 radical (unpaired) electrons. The molecule has 1 saturated carbocycles. The first-order valence-electron chi connectivity index (χ1n) is 8.09. The normalized spacial score (nSPS) is 22.4. The van der Waals surface area contributed by atoms with Gasteiger partial charge in [-0.1, -0.05) is 32.8 Å². The second-order valence-electron chi connectivity index (χ2n) is 6.46. The number of benzene rings is 1. The van der Waals surface area contributed by atoms with E-state index in [1.165, 1.54) is 31.4 Å². The standard InChI is InChI=1S/C18H25N3/c1-14(2)17-8-3-4-9-18(17)20-15-6-5-7-16(12-15)21-11-10-19-13-21/h5-7,10-14,17-18,20H,3-4,8-9H2,1-2H3. The molecule has 1 aliphatic rings. The van der Waals surface area contributed by atoms with Crippen LogP contribution in [0, 0.1) is 11.8 Å². The van der Waals surface area contributed by atoms with Crippen molar-refractivity contribution >= 4 is 5.69 Å². The maximum atomic E-state index is 4.12. The van der Waals surface area contributed by atoms with E-state index in [4.69, 9.17) is 0 Å². The fourth-order valence-electron chi connectivity index (χ4n) is 3.52. The minimum Gasteiger partial charge on any atom is -0.382 e. The molecule has 1 N–H and O–H groups in total. The molecule has 0 spiro atoms. The summed E-state index contributed by atoms with van der Waals surface area (Å²) in [5.74, 6) is 1.54. The molecular formula is C18H25N3. The highest BCUT2D eigenvalue weighted by Gasteiger charge is 2.27. The lowest BCUT2D eigenvalue weighted by molar-refractivity contribution is 0.254. The van der Waals surface area contributed by atoms with Gasteiger partial charge in [-0.05, 0) is 42.9 Å². The van der Waals surface area contributed by atoms with Gasteiger partial charge in [-0.2, -0.15) is 0 Å². The van der Waals surface area contributed by atoms with Crippen molar-refractivity contribution in [2.75, 3.05) is 5.32 Å². The van der Waals surface area contributed by atoms with Crippen LogP contribution in [0.3, 0.4) is 0 Å². The van der Waals surface area contributed by atoms with E-state index in [9.17, 15) is 0 Å². The van der Waals surface area contributed by atoms with Crippen molar-refractivity contribution in [3.8, 4) is 5.69 Å². The van der Waals surface area contributed by atoms with Crippen LogP contribution in [-0.2, 0) is 0 Å². The maximum Gasteiger partial charge on any atom is 0.0991 e. The zero-order valence-corrected chi connectivity index (χ0v) is 13.0. The average molecular weight is 283 g/mol. The molecule has 1 heterocycles. The van der Waals surface area contributed by atoms with E-state index < -0.39 is 0 Å². The van der Waals surface area contributed by atoms with E-state index in [2.05, 4.69) is 48.4 Å². The molecule has 1 fully saturated rings. The van der Waals surface area contributed by atoms with Crippen LogP contribution in [0.15, 0.2) is 43.0 Å². The second kappa shape index (κ2) is 6.33. The Hall–Kier alpha value is -1.77. The van der Waals surface area contributed by atoms with Crippen molar-refractivity contribution < 1.29 is 0 Å². The molecule has 21 heavy (non-hydrogen) atoms. The number of nitrogens with zero attached hydrogens (tertiary/aromatic N) is 2. The summed E-state index contributed by atoms with van der Waals surface area (Å²) in [4.78, 5) is 4.12. The Morgan fingerprint density at radius 2 is 2.10 bits per heavy atom. The molecule has 1 aromatic heterocycles. The molecule has 1 aliphatic carbocycles. The van der Waals surface area contributed by atoms with Gasteiger partial charge in [-0.15, -0.1) is 0 Å². The first-order valence-corrected chi connectivity index (χ1v) is 8.09. The number of hydrogen-bond acceptors (Lipinski definition) is 2.